The highest BCUT2D eigenvalue weighted by Crippen LogP contribution is 2.44. The van der Waals surface area contributed by atoms with Crippen molar-refractivity contribution < 1.29 is 9.00 Å². The molecule has 1 unspecified atom stereocenters. The molecule has 0 bridgehead atoms. The molecule has 1 spiro atoms. The highest BCUT2D eigenvalue weighted by atomic mass is 32.2. The van der Waals surface area contributed by atoms with E-state index in [4.69, 9.17) is 0 Å². The van der Waals surface area contributed by atoms with Crippen LogP contribution in [0.5, 0.6) is 0 Å². The molecule has 116 valence electrons. The fourth-order valence-electron chi connectivity index (χ4n) is 4.07. The number of hydrogen-bond acceptors (Lipinski definition) is 4. The molecule has 0 amide bonds. The van der Waals surface area contributed by atoms with Gasteiger partial charge in [-0.2, -0.15) is 0 Å². The molecular weight excluding hydrogens is 298 g/mol. The van der Waals surface area contributed by atoms with Crippen molar-refractivity contribution in [3.05, 3.63) is 18.0 Å². The minimum absolute atomic E-state index is 0.0180. The third kappa shape index (κ3) is 1.96. The van der Waals surface area contributed by atoms with E-state index in [1.165, 1.54) is 19.3 Å². The number of aromatic nitrogens is 3. The Labute approximate surface area is 131 Å². The summed E-state index contributed by atoms with van der Waals surface area (Å²) in [6.45, 7) is 0. The average molecular weight is 317 g/mol. The summed E-state index contributed by atoms with van der Waals surface area (Å²) in [6.07, 6.45) is 10.7. The number of ketones is 1. The molecule has 2 aliphatic rings. The number of hydrogen-bond donors (Lipinski definition) is 0. The molecule has 1 aliphatic carbocycles. The zero-order valence-electron chi connectivity index (χ0n) is 12.7. The molecule has 4 rings (SSSR count). The van der Waals surface area contributed by atoms with Crippen molar-refractivity contribution in [2.45, 2.75) is 55.6 Å². The van der Waals surface area contributed by atoms with E-state index in [2.05, 4.69) is 14.5 Å². The van der Waals surface area contributed by atoms with Crippen molar-refractivity contribution in [1.29, 1.82) is 0 Å². The van der Waals surface area contributed by atoms with Gasteiger partial charge in [0.05, 0.1) is 16.5 Å². The zero-order valence-corrected chi connectivity index (χ0v) is 13.5. The molecule has 0 saturated heterocycles. The van der Waals surface area contributed by atoms with Gasteiger partial charge in [0.15, 0.2) is 5.78 Å². The van der Waals surface area contributed by atoms with E-state index in [1.54, 1.807) is 12.5 Å². The Kier molecular flexibility index (Phi) is 3.18. The first-order valence-corrected chi connectivity index (χ1v) is 9.42. The monoisotopic (exact) mass is 317 g/mol. The van der Waals surface area contributed by atoms with Crippen molar-refractivity contribution in [2.24, 2.45) is 0 Å². The number of nitrogens with zero attached hydrogens (tertiary/aromatic N) is 3. The number of carbonyl (C=O) groups is 1. The van der Waals surface area contributed by atoms with Crippen LogP contribution in [-0.4, -0.2) is 30.8 Å². The minimum atomic E-state index is -1.22. The Bertz CT molecular complexity index is 790. The van der Waals surface area contributed by atoms with Gasteiger partial charge in [0.2, 0.25) is 5.16 Å². The molecule has 3 heterocycles. The molecule has 6 heteroatoms. The topological polar surface area (TPSA) is 64.8 Å². The summed E-state index contributed by atoms with van der Waals surface area (Å²) in [6, 6.07) is 1.91. The maximum Gasteiger partial charge on any atom is 0.220 e. The normalized spacial score (nSPS) is 22.0. The summed E-state index contributed by atoms with van der Waals surface area (Å²) in [7, 11) is -1.22. The van der Waals surface area contributed by atoms with Gasteiger partial charge in [0.1, 0.15) is 5.65 Å². The van der Waals surface area contributed by atoms with Crippen LogP contribution in [0.1, 0.15) is 55.4 Å². The van der Waals surface area contributed by atoms with Crippen molar-refractivity contribution in [3.8, 4) is 0 Å². The molecule has 0 radical (unpaired) electrons. The lowest BCUT2D eigenvalue weighted by atomic mass is 9.75. The lowest BCUT2D eigenvalue weighted by molar-refractivity contribution is 0.0852. The number of fused-ring (bicyclic) bond motifs is 4. The first kappa shape index (κ1) is 14.1. The van der Waals surface area contributed by atoms with E-state index in [0.717, 1.165) is 36.0 Å². The molecule has 0 aromatic carbocycles. The maximum absolute atomic E-state index is 12.4. The summed E-state index contributed by atoms with van der Waals surface area (Å²) in [4.78, 5) is 21.1. The number of rotatable bonds is 1. The average Bonchev–Trinajstić information content (AvgIpc) is 2.92. The smallest absolute Gasteiger partial charge is 0.220 e. The van der Waals surface area contributed by atoms with Crippen LogP contribution in [-0.2, 0) is 16.3 Å². The Morgan fingerprint density at radius 2 is 2.00 bits per heavy atom. The van der Waals surface area contributed by atoms with Crippen LogP contribution in [0.15, 0.2) is 17.4 Å². The third-order valence-electron chi connectivity index (χ3n) is 5.14. The lowest BCUT2D eigenvalue weighted by Crippen LogP contribution is -2.41. The fourth-order valence-corrected chi connectivity index (χ4v) is 4.48. The minimum Gasteiger partial charge on any atom is -0.316 e. The Morgan fingerprint density at radius 3 is 2.73 bits per heavy atom. The molecular formula is C16H19N3O2S. The van der Waals surface area contributed by atoms with Crippen molar-refractivity contribution in [2.75, 3.05) is 6.26 Å². The zero-order chi connectivity index (χ0) is 15.3. The molecule has 1 aliphatic heterocycles. The quantitative estimate of drug-likeness (QED) is 0.759. The first-order valence-electron chi connectivity index (χ1n) is 7.86. The summed E-state index contributed by atoms with van der Waals surface area (Å²) >= 11 is 0. The molecule has 1 fully saturated rings. The predicted molar refractivity (Wildman–Crippen MR) is 84.5 cm³/mol. The highest BCUT2D eigenvalue weighted by molar-refractivity contribution is 7.84. The van der Waals surface area contributed by atoms with E-state index >= 15 is 0 Å². The number of carbonyl (C=O) groups excluding carboxylic acids is 1. The van der Waals surface area contributed by atoms with E-state index in [-0.39, 0.29) is 11.3 Å². The van der Waals surface area contributed by atoms with Crippen LogP contribution < -0.4 is 0 Å². The summed E-state index contributed by atoms with van der Waals surface area (Å²) < 4.78 is 13.9. The van der Waals surface area contributed by atoms with Crippen LogP contribution in [0.25, 0.3) is 11.0 Å². The molecule has 2 aromatic rings. The third-order valence-corrected chi connectivity index (χ3v) is 5.85. The fraction of sp³-hybridized carbons (Fsp3) is 0.562. The van der Waals surface area contributed by atoms with Crippen molar-refractivity contribution in [1.82, 2.24) is 14.5 Å². The summed E-state index contributed by atoms with van der Waals surface area (Å²) in [5, 5.41) is 1.22. The van der Waals surface area contributed by atoms with Crippen LogP contribution in [0.3, 0.4) is 0 Å². The molecule has 5 nitrogen and oxygen atoms in total. The summed E-state index contributed by atoms with van der Waals surface area (Å²) in [5.41, 5.74) is 1.56. The maximum atomic E-state index is 12.4. The van der Waals surface area contributed by atoms with Gasteiger partial charge in [-0.1, -0.05) is 19.3 Å². The molecule has 2 aromatic heterocycles. The van der Waals surface area contributed by atoms with Crippen LogP contribution in [0.2, 0.25) is 0 Å². The van der Waals surface area contributed by atoms with Crippen molar-refractivity contribution >= 4 is 27.6 Å². The summed E-state index contributed by atoms with van der Waals surface area (Å²) in [5.74, 6) is 0.188. The van der Waals surface area contributed by atoms with Gasteiger partial charge < -0.3 is 4.57 Å². The van der Waals surface area contributed by atoms with Crippen LogP contribution >= 0.6 is 0 Å². The van der Waals surface area contributed by atoms with E-state index in [9.17, 15) is 9.00 Å². The van der Waals surface area contributed by atoms with Gasteiger partial charge in [0, 0.05) is 29.8 Å². The van der Waals surface area contributed by atoms with E-state index < -0.39 is 10.8 Å². The SMILES string of the molecule is CS(=O)c1ncc2cc3n(c2n1)C1(CCCCC1)CCC3=O. The Morgan fingerprint density at radius 1 is 1.23 bits per heavy atom. The van der Waals surface area contributed by atoms with Crippen molar-refractivity contribution in [3.63, 3.8) is 0 Å². The van der Waals surface area contributed by atoms with Gasteiger partial charge in [-0.15, -0.1) is 0 Å². The number of Topliss-reactive ketones (excluding diaryl/α,β-unsaturated/α-hetero) is 1. The first-order chi connectivity index (χ1) is 10.6. The van der Waals surface area contributed by atoms with E-state index in [1.807, 2.05) is 6.07 Å². The van der Waals surface area contributed by atoms with Gasteiger partial charge in [-0.3, -0.25) is 9.00 Å². The van der Waals surface area contributed by atoms with E-state index in [0.29, 0.717) is 11.6 Å². The highest BCUT2D eigenvalue weighted by Gasteiger charge is 2.41. The Balaban J connectivity index is 1.99. The predicted octanol–water partition coefficient (Wildman–Crippen LogP) is 2.80. The standard InChI is InChI=1S/C16H19N3O2S/c1-22(21)15-17-10-11-9-12-13(20)5-8-16(6-3-2-4-7-16)19(12)14(11)18-15/h9-10H,2-8H2,1H3. The molecule has 1 atom stereocenters. The van der Waals surface area contributed by atoms with Gasteiger partial charge in [0.25, 0.3) is 0 Å². The Hall–Kier alpha value is -1.56. The van der Waals surface area contributed by atoms with Crippen LogP contribution in [0, 0.1) is 0 Å². The molecule has 1 saturated carbocycles. The van der Waals surface area contributed by atoms with Crippen LogP contribution in [0.4, 0.5) is 0 Å². The van der Waals surface area contributed by atoms with Gasteiger partial charge >= 0.3 is 0 Å². The second-order valence-corrected chi connectivity index (χ2v) is 7.73. The van der Waals surface area contributed by atoms with Gasteiger partial charge in [-0.25, -0.2) is 9.97 Å². The largest absolute Gasteiger partial charge is 0.316 e. The molecule has 0 N–H and O–H groups in total. The molecule has 22 heavy (non-hydrogen) atoms. The van der Waals surface area contributed by atoms with Gasteiger partial charge in [-0.05, 0) is 25.3 Å². The second kappa shape index (κ2) is 4.98. The lowest BCUT2D eigenvalue weighted by Gasteiger charge is -2.42. The second-order valence-electron chi connectivity index (χ2n) is 6.46.